The summed E-state index contributed by atoms with van der Waals surface area (Å²) < 4.78 is 2.41. The molecule has 2 aromatic heterocycles. The zero-order chi connectivity index (χ0) is 24.4. The van der Waals surface area contributed by atoms with Crippen LogP contribution in [0, 0.1) is 6.92 Å². The number of allylic oxidation sites excluding steroid dienone is 4. The van der Waals surface area contributed by atoms with E-state index in [1.54, 1.807) is 0 Å². The Morgan fingerprint density at radius 1 is 0.765 bits per heavy atom. The minimum Gasteiger partial charge on any atom is -0.355 e. The second-order valence-corrected chi connectivity index (χ2v) is 9.86. The van der Waals surface area contributed by atoms with Crippen LogP contribution in [0.2, 0.25) is 0 Å². The van der Waals surface area contributed by atoms with Gasteiger partial charge < -0.3 is 4.98 Å². The molecule has 0 spiro atoms. The molecule has 4 heterocycles. The molecule has 3 nitrogen and oxygen atoms in total. The third-order valence-electron chi connectivity index (χ3n) is 7.77. The predicted octanol–water partition coefficient (Wildman–Crippen LogP) is 8.20. The molecule has 0 radical (unpaired) electrons. The van der Waals surface area contributed by atoms with Gasteiger partial charge in [-0.25, -0.2) is 4.98 Å². The average Bonchev–Trinajstić information content (AvgIpc) is 3.39. The Bertz CT molecular complexity index is 1270. The number of aromatic amines is 1. The van der Waals surface area contributed by atoms with Gasteiger partial charge in [-0.05, 0) is 86.8 Å². The molecule has 3 heteroatoms. The molecule has 0 saturated heterocycles. The maximum absolute atomic E-state index is 5.18. The molecule has 6 bridgehead atoms. The lowest BCUT2D eigenvalue weighted by molar-refractivity contribution is -0.673. The molecule has 0 atom stereocenters. The topological polar surface area (TPSA) is 32.6 Å². The van der Waals surface area contributed by atoms with Crippen molar-refractivity contribution in [1.82, 2.24) is 9.97 Å². The second-order valence-electron chi connectivity index (χ2n) is 9.86. The fraction of sp³-hybridized carbons (Fsp3) is 0.484. The summed E-state index contributed by atoms with van der Waals surface area (Å²) in [6.45, 7) is 13.7. The number of H-pyrrole nitrogens is 1. The van der Waals surface area contributed by atoms with Crippen molar-refractivity contribution in [2.75, 3.05) is 0 Å². The van der Waals surface area contributed by atoms with E-state index in [4.69, 9.17) is 4.98 Å². The molecule has 0 amide bonds. The molecule has 0 aromatic carbocycles. The van der Waals surface area contributed by atoms with Crippen molar-refractivity contribution in [3.8, 4) is 0 Å². The summed E-state index contributed by atoms with van der Waals surface area (Å²) in [7, 11) is 2.23. The largest absolute Gasteiger partial charge is 0.355 e. The highest BCUT2D eigenvalue weighted by atomic mass is 15.0. The second kappa shape index (κ2) is 10.3. The van der Waals surface area contributed by atoms with Crippen molar-refractivity contribution in [3.05, 3.63) is 58.2 Å². The standard InChI is InChI=1S/C31H41N3/c1-8-12-14-24-20(5)26-16-17-27-21(6)25(15-13-9-2)29(33-27)19-31-23(11-4)22(10-3)30(34(31)7)18-28(24)32-26/h16-19H,8-15H2,1-7H3/p+1. The monoisotopic (exact) mass is 456 g/mol. The normalized spacial score (nSPS) is 13.9. The molecular formula is C31H42N3+. The van der Waals surface area contributed by atoms with Gasteiger partial charge in [0.25, 0.3) is 0 Å². The highest BCUT2D eigenvalue weighted by Crippen LogP contribution is 2.37. The van der Waals surface area contributed by atoms with Crippen molar-refractivity contribution in [2.45, 2.75) is 92.9 Å². The highest BCUT2D eigenvalue weighted by molar-refractivity contribution is 5.94. The minimum absolute atomic E-state index is 1.03. The van der Waals surface area contributed by atoms with Crippen LogP contribution in [0.15, 0.2) is 24.3 Å². The molecule has 180 valence electrons. The number of hydrogen-bond acceptors (Lipinski definition) is 1. The van der Waals surface area contributed by atoms with Crippen LogP contribution in [0.1, 0.15) is 113 Å². The highest BCUT2D eigenvalue weighted by Gasteiger charge is 2.30. The Morgan fingerprint density at radius 3 is 2.06 bits per heavy atom. The summed E-state index contributed by atoms with van der Waals surface area (Å²) >= 11 is 0. The van der Waals surface area contributed by atoms with Crippen molar-refractivity contribution < 1.29 is 4.57 Å². The number of unbranched alkanes of at least 4 members (excludes halogenated alkanes) is 2. The summed E-state index contributed by atoms with van der Waals surface area (Å²) in [5.74, 6) is 0. The number of fused-ring (bicyclic) bond motifs is 6. The molecule has 1 N–H and O–H groups in total. The third kappa shape index (κ3) is 4.26. The zero-order valence-corrected chi connectivity index (χ0v) is 22.4. The fourth-order valence-corrected chi connectivity index (χ4v) is 5.65. The quantitative estimate of drug-likeness (QED) is 0.399. The van der Waals surface area contributed by atoms with E-state index in [1.165, 1.54) is 81.5 Å². The number of rotatable bonds is 8. The molecule has 0 unspecified atom stereocenters. The molecule has 4 rings (SSSR count). The first kappa shape index (κ1) is 24.4. The third-order valence-corrected chi connectivity index (χ3v) is 7.77. The van der Waals surface area contributed by atoms with Crippen molar-refractivity contribution in [1.29, 1.82) is 0 Å². The van der Waals surface area contributed by atoms with E-state index in [-0.39, 0.29) is 0 Å². The number of nitrogens with zero attached hydrogens (tertiary/aromatic N) is 2. The first-order valence-corrected chi connectivity index (χ1v) is 13.4. The number of aromatic nitrogens is 3. The number of hydrogen-bond donors (Lipinski definition) is 1. The van der Waals surface area contributed by atoms with Gasteiger partial charge in [0.05, 0.1) is 11.4 Å². The van der Waals surface area contributed by atoms with Crippen LogP contribution in [-0.4, -0.2) is 9.97 Å². The first-order chi connectivity index (χ1) is 16.4. The van der Waals surface area contributed by atoms with E-state index >= 15 is 0 Å². The Kier molecular flexibility index (Phi) is 7.40. The molecule has 2 aromatic rings. The molecule has 2 aliphatic rings. The molecule has 0 saturated carbocycles. The Labute approximate surface area is 206 Å². The molecule has 0 fully saturated rings. The van der Waals surface area contributed by atoms with Crippen LogP contribution in [0.4, 0.5) is 0 Å². The van der Waals surface area contributed by atoms with E-state index in [0.717, 1.165) is 37.1 Å². The maximum Gasteiger partial charge on any atom is 0.211 e. The summed E-state index contributed by atoms with van der Waals surface area (Å²) in [4.78, 5) is 8.96. The maximum atomic E-state index is 5.18. The zero-order valence-electron chi connectivity index (χ0n) is 22.4. The molecule has 2 aliphatic heterocycles. The number of aryl methyl sites for hydroxylation is 2. The van der Waals surface area contributed by atoms with Crippen LogP contribution in [0.5, 0.6) is 0 Å². The van der Waals surface area contributed by atoms with E-state index in [2.05, 4.69) is 82.4 Å². The smallest absolute Gasteiger partial charge is 0.211 e. The summed E-state index contributed by atoms with van der Waals surface area (Å²) in [5, 5.41) is 0. The first-order valence-electron chi connectivity index (χ1n) is 13.4. The summed E-state index contributed by atoms with van der Waals surface area (Å²) in [6, 6.07) is 9.25. The van der Waals surface area contributed by atoms with Crippen LogP contribution in [0.25, 0.3) is 33.3 Å². The van der Waals surface area contributed by atoms with Gasteiger partial charge in [-0.15, -0.1) is 0 Å². The Hall–Kier alpha value is -2.68. The van der Waals surface area contributed by atoms with Crippen LogP contribution in [-0.2, 0) is 13.5 Å². The lowest BCUT2D eigenvalue weighted by atomic mass is 9.97. The van der Waals surface area contributed by atoms with Gasteiger partial charge in [0.15, 0.2) is 0 Å². The molecule has 34 heavy (non-hydrogen) atoms. The van der Waals surface area contributed by atoms with Crippen LogP contribution >= 0.6 is 0 Å². The molecule has 0 aliphatic carbocycles. The lowest BCUT2D eigenvalue weighted by Crippen LogP contribution is -2.32. The number of nitrogens with one attached hydrogen (secondary N) is 1. The van der Waals surface area contributed by atoms with Gasteiger partial charge in [-0.3, -0.25) is 0 Å². The van der Waals surface area contributed by atoms with Crippen molar-refractivity contribution >= 4 is 33.3 Å². The predicted molar refractivity (Wildman–Crippen MR) is 146 cm³/mol. The fourth-order valence-electron chi connectivity index (χ4n) is 5.65. The minimum atomic E-state index is 1.03. The van der Waals surface area contributed by atoms with E-state index in [0.29, 0.717) is 0 Å². The van der Waals surface area contributed by atoms with Crippen molar-refractivity contribution in [3.63, 3.8) is 0 Å². The average molecular weight is 457 g/mol. The van der Waals surface area contributed by atoms with Gasteiger partial charge in [-0.1, -0.05) is 40.5 Å². The van der Waals surface area contributed by atoms with Gasteiger partial charge in [0.1, 0.15) is 7.05 Å². The van der Waals surface area contributed by atoms with Crippen LogP contribution in [0.3, 0.4) is 0 Å². The van der Waals surface area contributed by atoms with E-state index < -0.39 is 0 Å². The Morgan fingerprint density at radius 2 is 1.41 bits per heavy atom. The van der Waals surface area contributed by atoms with Gasteiger partial charge in [-0.2, -0.15) is 4.57 Å². The van der Waals surface area contributed by atoms with E-state index in [1.807, 2.05) is 0 Å². The SMILES string of the molecule is CCCCC1=C(C)c2ccc3[nH]c(cc4[n+](C)c(cc1n2)C(CC)=C4CC)c(CCCC)c3C. The molecular weight excluding hydrogens is 414 g/mol. The summed E-state index contributed by atoms with van der Waals surface area (Å²) in [5.41, 5.74) is 15.9. The van der Waals surface area contributed by atoms with Gasteiger partial charge in [0, 0.05) is 34.3 Å². The summed E-state index contributed by atoms with van der Waals surface area (Å²) in [6.07, 6.45) is 9.09. The van der Waals surface area contributed by atoms with E-state index in [9.17, 15) is 0 Å². The van der Waals surface area contributed by atoms with Gasteiger partial charge >= 0.3 is 0 Å². The van der Waals surface area contributed by atoms with Crippen molar-refractivity contribution in [2.24, 2.45) is 7.05 Å². The van der Waals surface area contributed by atoms with Crippen LogP contribution < -0.4 is 4.57 Å². The Balaban J connectivity index is 2.13. The van der Waals surface area contributed by atoms with Gasteiger partial charge in [0.2, 0.25) is 11.4 Å². The lowest BCUT2D eigenvalue weighted by Gasteiger charge is -2.03.